The number of pyridine rings is 1. The van der Waals surface area contributed by atoms with Gasteiger partial charge in [0.15, 0.2) is 0 Å². The molecule has 0 atom stereocenters. The molecule has 0 aliphatic carbocycles. The predicted molar refractivity (Wildman–Crippen MR) is 84.5 cm³/mol. The van der Waals surface area contributed by atoms with Gasteiger partial charge in [0, 0.05) is 18.4 Å². The van der Waals surface area contributed by atoms with Gasteiger partial charge in [0.1, 0.15) is 11.6 Å². The zero-order valence-corrected chi connectivity index (χ0v) is 12.4. The third-order valence-electron chi connectivity index (χ3n) is 2.88. The number of anilines is 2. The second-order valence-electron chi connectivity index (χ2n) is 4.46. The molecule has 0 radical (unpaired) electrons. The number of amides is 1. The first-order valence-corrected chi connectivity index (χ1v) is 7.08. The van der Waals surface area contributed by atoms with Crippen molar-refractivity contribution in [2.45, 2.75) is 6.92 Å². The number of aromatic nitrogens is 1. The van der Waals surface area contributed by atoms with Crippen LogP contribution in [-0.4, -0.2) is 35.8 Å². The second-order valence-corrected chi connectivity index (χ2v) is 4.46. The Morgan fingerprint density at radius 1 is 1.27 bits per heavy atom. The van der Waals surface area contributed by atoms with E-state index >= 15 is 0 Å². The monoisotopic (exact) mass is 301 g/mol. The van der Waals surface area contributed by atoms with Crippen molar-refractivity contribution in [3.8, 4) is 5.75 Å². The molecule has 0 unspecified atom stereocenters. The van der Waals surface area contributed by atoms with Crippen LogP contribution in [0, 0.1) is 0 Å². The fourth-order valence-corrected chi connectivity index (χ4v) is 1.89. The molecule has 1 heterocycles. The number of hydrogen-bond donors (Lipinski definition) is 3. The van der Waals surface area contributed by atoms with E-state index in [1.807, 2.05) is 31.2 Å². The van der Waals surface area contributed by atoms with Crippen LogP contribution in [0.5, 0.6) is 5.75 Å². The largest absolute Gasteiger partial charge is 0.494 e. The van der Waals surface area contributed by atoms with E-state index in [1.54, 1.807) is 18.3 Å². The molecule has 0 bridgehead atoms. The molecule has 1 aromatic heterocycles. The third kappa shape index (κ3) is 4.20. The smallest absolute Gasteiger partial charge is 0.255 e. The maximum atomic E-state index is 12.0. The van der Waals surface area contributed by atoms with Crippen molar-refractivity contribution < 1.29 is 14.6 Å². The second kappa shape index (κ2) is 7.99. The number of aliphatic hydroxyl groups is 1. The Labute approximate surface area is 129 Å². The van der Waals surface area contributed by atoms with E-state index < -0.39 is 0 Å². The average Bonchev–Trinajstić information content (AvgIpc) is 2.55. The molecule has 1 aromatic carbocycles. The van der Waals surface area contributed by atoms with Crippen LogP contribution in [0.25, 0.3) is 0 Å². The molecular weight excluding hydrogens is 282 g/mol. The summed E-state index contributed by atoms with van der Waals surface area (Å²) in [6.07, 6.45) is 1.61. The number of ether oxygens (including phenoxy) is 1. The maximum Gasteiger partial charge on any atom is 0.255 e. The Bertz CT molecular complexity index is 614. The fraction of sp³-hybridized carbons (Fsp3) is 0.250. The Hall–Kier alpha value is -2.60. The molecular formula is C16H19N3O3. The lowest BCUT2D eigenvalue weighted by Gasteiger charge is -2.11. The lowest BCUT2D eigenvalue weighted by atomic mass is 10.2. The molecule has 2 aromatic rings. The van der Waals surface area contributed by atoms with Gasteiger partial charge in [-0.15, -0.1) is 0 Å². The van der Waals surface area contributed by atoms with Crippen molar-refractivity contribution in [1.82, 2.24) is 10.3 Å². The molecule has 116 valence electrons. The lowest BCUT2D eigenvalue weighted by molar-refractivity contribution is 0.0945. The minimum absolute atomic E-state index is 0.104. The van der Waals surface area contributed by atoms with Gasteiger partial charge in [-0.1, -0.05) is 0 Å². The van der Waals surface area contributed by atoms with Gasteiger partial charge in [-0.05, 0) is 43.3 Å². The average molecular weight is 301 g/mol. The van der Waals surface area contributed by atoms with Crippen LogP contribution in [0.15, 0.2) is 42.6 Å². The third-order valence-corrected chi connectivity index (χ3v) is 2.88. The summed E-state index contributed by atoms with van der Waals surface area (Å²) in [5, 5.41) is 14.5. The van der Waals surface area contributed by atoms with E-state index in [9.17, 15) is 4.79 Å². The predicted octanol–water partition coefficient (Wildman–Crippen LogP) is 1.95. The summed E-state index contributed by atoms with van der Waals surface area (Å²) >= 11 is 0. The minimum atomic E-state index is -0.282. The topological polar surface area (TPSA) is 83.5 Å². The maximum absolute atomic E-state index is 12.0. The Morgan fingerprint density at radius 3 is 2.73 bits per heavy atom. The summed E-state index contributed by atoms with van der Waals surface area (Å²) < 4.78 is 5.39. The van der Waals surface area contributed by atoms with Gasteiger partial charge in [-0.2, -0.15) is 0 Å². The zero-order valence-electron chi connectivity index (χ0n) is 12.4. The number of carbonyl (C=O) groups is 1. The van der Waals surface area contributed by atoms with Crippen molar-refractivity contribution in [3.05, 3.63) is 48.2 Å². The molecule has 6 nitrogen and oxygen atoms in total. The molecule has 0 aliphatic heterocycles. The van der Waals surface area contributed by atoms with E-state index in [0.29, 0.717) is 18.0 Å². The molecule has 3 N–H and O–H groups in total. The summed E-state index contributed by atoms with van der Waals surface area (Å²) in [6, 6.07) is 10.8. The summed E-state index contributed by atoms with van der Waals surface area (Å²) in [5.41, 5.74) is 1.23. The van der Waals surface area contributed by atoms with Crippen molar-refractivity contribution in [2.24, 2.45) is 0 Å². The van der Waals surface area contributed by atoms with Crippen molar-refractivity contribution in [2.75, 3.05) is 25.1 Å². The number of carbonyl (C=O) groups excluding carboxylic acids is 1. The summed E-state index contributed by atoms with van der Waals surface area (Å²) in [4.78, 5) is 16.2. The molecule has 0 fully saturated rings. The molecule has 0 saturated heterocycles. The van der Waals surface area contributed by atoms with E-state index in [-0.39, 0.29) is 19.1 Å². The van der Waals surface area contributed by atoms with Crippen LogP contribution in [0.2, 0.25) is 0 Å². The van der Waals surface area contributed by atoms with E-state index in [4.69, 9.17) is 9.84 Å². The van der Waals surface area contributed by atoms with Gasteiger partial charge in [0.2, 0.25) is 0 Å². The number of rotatable bonds is 7. The summed E-state index contributed by atoms with van der Waals surface area (Å²) in [7, 11) is 0. The van der Waals surface area contributed by atoms with Gasteiger partial charge >= 0.3 is 0 Å². The van der Waals surface area contributed by atoms with Gasteiger partial charge in [-0.25, -0.2) is 4.98 Å². The van der Waals surface area contributed by atoms with Crippen molar-refractivity contribution in [1.29, 1.82) is 0 Å². The van der Waals surface area contributed by atoms with Crippen molar-refractivity contribution in [3.63, 3.8) is 0 Å². The molecule has 6 heteroatoms. The van der Waals surface area contributed by atoms with Crippen molar-refractivity contribution >= 4 is 17.4 Å². The van der Waals surface area contributed by atoms with Gasteiger partial charge < -0.3 is 20.5 Å². The molecule has 0 saturated carbocycles. The SMILES string of the molecule is CCOc1ccc(Nc2ncccc2C(=O)NCCO)cc1. The highest BCUT2D eigenvalue weighted by Crippen LogP contribution is 2.21. The van der Waals surface area contributed by atoms with E-state index in [1.165, 1.54) is 0 Å². The summed E-state index contributed by atoms with van der Waals surface area (Å²) in [5.74, 6) is 0.965. The highest BCUT2D eigenvalue weighted by molar-refractivity contribution is 5.99. The number of aliphatic hydroxyl groups excluding tert-OH is 1. The number of hydrogen-bond acceptors (Lipinski definition) is 5. The normalized spacial score (nSPS) is 10.1. The van der Waals surface area contributed by atoms with E-state index in [0.717, 1.165) is 11.4 Å². The van der Waals surface area contributed by atoms with Gasteiger partial charge in [-0.3, -0.25) is 4.79 Å². The van der Waals surface area contributed by atoms with Crippen LogP contribution >= 0.6 is 0 Å². The first-order chi connectivity index (χ1) is 10.7. The molecule has 2 rings (SSSR count). The number of nitrogens with zero attached hydrogens (tertiary/aromatic N) is 1. The molecule has 0 spiro atoms. The highest BCUT2D eigenvalue weighted by atomic mass is 16.5. The van der Waals surface area contributed by atoms with E-state index in [2.05, 4.69) is 15.6 Å². The van der Waals surface area contributed by atoms with Crippen LogP contribution < -0.4 is 15.4 Å². The molecule has 0 aliphatic rings. The molecule has 1 amide bonds. The quantitative estimate of drug-likeness (QED) is 0.728. The molecule has 22 heavy (non-hydrogen) atoms. The van der Waals surface area contributed by atoms with Crippen LogP contribution in [0.4, 0.5) is 11.5 Å². The Kier molecular flexibility index (Phi) is 5.73. The van der Waals surface area contributed by atoms with Crippen LogP contribution in [-0.2, 0) is 0 Å². The number of nitrogens with one attached hydrogen (secondary N) is 2. The first-order valence-electron chi connectivity index (χ1n) is 7.08. The fourth-order valence-electron chi connectivity index (χ4n) is 1.89. The Balaban J connectivity index is 2.13. The number of benzene rings is 1. The minimum Gasteiger partial charge on any atom is -0.494 e. The first kappa shape index (κ1) is 15.8. The van der Waals surface area contributed by atoms with Gasteiger partial charge in [0.25, 0.3) is 5.91 Å². The zero-order chi connectivity index (χ0) is 15.8. The van der Waals surface area contributed by atoms with Crippen LogP contribution in [0.1, 0.15) is 17.3 Å². The van der Waals surface area contributed by atoms with Gasteiger partial charge in [0.05, 0.1) is 18.8 Å². The van der Waals surface area contributed by atoms with Crippen LogP contribution in [0.3, 0.4) is 0 Å². The summed E-state index contributed by atoms with van der Waals surface area (Å²) in [6.45, 7) is 2.64. The Morgan fingerprint density at radius 2 is 2.05 bits per heavy atom. The highest BCUT2D eigenvalue weighted by Gasteiger charge is 2.11. The lowest BCUT2D eigenvalue weighted by Crippen LogP contribution is -2.27. The standard InChI is InChI=1S/C16H19N3O3/c1-2-22-13-7-5-12(6-8-13)19-15-14(4-3-9-17-15)16(21)18-10-11-20/h3-9,20H,2,10-11H2,1H3,(H,17,19)(H,18,21).